The molecule has 3 heterocycles. The van der Waals surface area contributed by atoms with Crippen molar-refractivity contribution < 1.29 is 13.2 Å². The van der Waals surface area contributed by atoms with Crippen molar-refractivity contribution in [2.75, 3.05) is 31.2 Å². The third-order valence-electron chi connectivity index (χ3n) is 3.99. The highest BCUT2D eigenvalue weighted by atomic mass is 32.2. The Kier molecular flexibility index (Phi) is 5.02. The van der Waals surface area contributed by atoms with Crippen LogP contribution in [0.25, 0.3) is 0 Å². The highest BCUT2D eigenvalue weighted by molar-refractivity contribution is 7.89. The summed E-state index contributed by atoms with van der Waals surface area (Å²) in [4.78, 5) is 15.0. The lowest BCUT2D eigenvalue weighted by atomic mass is 10.3. The second kappa shape index (κ2) is 7.06. The van der Waals surface area contributed by atoms with E-state index in [9.17, 15) is 8.42 Å². The largest absolute Gasteiger partial charge is 0.378 e. The van der Waals surface area contributed by atoms with Crippen LogP contribution in [0.2, 0.25) is 0 Å². The van der Waals surface area contributed by atoms with Gasteiger partial charge in [0.2, 0.25) is 5.95 Å². The summed E-state index contributed by atoms with van der Waals surface area (Å²) in [6.07, 6.45) is 1.49. The molecule has 1 saturated heterocycles. The monoisotopic (exact) mass is 366 g/mol. The first-order valence-corrected chi connectivity index (χ1v) is 9.50. The maximum absolute atomic E-state index is 12.4. The SMILES string of the molecule is Cc1cc(CNS(=O)(=O)c2cn(C)c(C)n2)nc(N2CCOCC2)n1. The van der Waals surface area contributed by atoms with Gasteiger partial charge in [-0.2, -0.15) is 0 Å². The highest BCUT2D eigenvalue weighted by Crippen LogP contribution is 2.13. The first-order chi connectivity index (χ1) is 11.8. The van der Waals surface area contributed by atoms with Crippen LogP contribution >= 0.6 is 0 Å². The van der Waals surface area contributed by atoms with Gasteiger partial charge in [0.15, 0.2) is 5.03 Å². The number of imidazole rings is 1. The summed E-state index contributed by atoms with van der Waals surface area (Å²) in [5.41, 5.74) is 1.41. The number of ether oxygens (including phenoxy) is 1. The summed E-state index contributed by atoms with van der Waals surface area (Å²) in [5.74, 6) is 1.24. The Labute approximate surface area is 147 Å². The summed E-state index contributed by atoms with van der Waals surface area (Å²) in [7, 11) is -1.93. The van der Waals surface area contributed by atoms with E-state index in [0.29, 0.717) is 30.7 Å². The lowest BCUT2D eigenvalue weighted by Crippen LogP contribution is -2.37. The fourth-order valence-corrected chi connectivity index (χ4v) is 3.55. The normalized spacial score (nSPS) is 15.6. The molecule has 0 bridgehead atoms. The van der Waals surface area contributed by atoms with Crippen molar-refractivity contribution in [2.24, 2.45) is 7.05 Å². The summed E-state index contributed by atoms with van der Waals surface area (Å²) < 4.78 is 34.3. The molecule has 0 atom stereocenters. The second-order valence-corrected chi connectivity index (χ2v) is 7.68. The van der Waals surface area contributed by atoms with E-state index in [1.54, 1.807) is 24.6 Å². The molecule has 0 aliphatic carbocycles. The molecule has 0 aromatic carbocycles. The van der Waals surface area contributed by atoms with Gasteiger partial charge in [0.1, 0.15) is 5.82 Å². The Morgan fingerprint density at radius 2 is 1.92 bits per heavy atom. The zero-order chi connectivity index (χ0) is 18.0. The number of nitrogens with one attached hydrogen (secondary N) is 1. The minimum atomic E-state index is -3.69. The van der Waals surface area contributed by atoms with E-state index in [4.69, 9.17) is 4.74 Å². The Morgan fingerprint density at radius 1 is 1.20 bits per heavy atom. The van der Waals surface area contributed by atoms with Crippen molar-refractivity contribution >= 4 is 16.0 Å². The number of sulfonamides is 1. The minimum absolute atomic E-state index is 0.00619. The van der Waals surface area contributed by atoms with Gasteiger partial charge in [-0.15, -0.1) is 0 Å². The average molecular weight is 366 g/mol. The second-order valence-electron chi connectivity index (χ2n) is 5.96. The molecule has 1 N–H and O–H groups in total. The molecule has 9 nitrogen and oxygen atoms in total. The summed E-state index contributed by atoms with van der Waals surface area (Å²) in [5, 5.41) is 0.00619. The molecule has 0 spiro atoms. The quantitative estimate of drug-likeness (QED) is 0.803. The Balaban J connectivity index is 1.75. The van der Waals surface area contributed by atoms with Crippen molar-refractivity contribution in [3.8, 4) is 0 Å². The van der Waals surface area contributed by atoms with Gasteiger partial charge in [-0.05, 0) is 19.9 Å². The van der Waals surface area contributed by atoms with Crippen molar-refractivity contribution in [1.82, 2.24) is 24.2 Å². The van der Waals surface area contributed by atoms with Crippen LogP contribution in [0.4, 0.5) is 5.95 Å². The number of anilines is 1. The fourth-order valence-electron chi connectivity index (χ4n) is 2.51. The Hall–Kier alpha value is -2.04. The number of aryl methyl sites for hydroxylation is 3. The van der Waals surface area contributed by atoms with Crippen molar-refractivity contribution in [3.05, 3.63) is 29.5 Å². The van der Waals surface area contributed by atoms with Gasteiger partial charge in [0.05, 0.1) is 25.5 Å². The first kappa shape index (κ1) is 17.8. The number of rotatable bonds is 5. The van der Waals surface area contributed by atoms with Crippen molar-refractivity contribution in [3.63, 3.8) is 0 Å². The molecule has 3 rings (SSSR count). The van der Waals surface area contributed by atoms with Crippen LogP contribution in [0.5, 0.6) is 0 Å². The third kappa shape index (κ3) is 4.14. The molecular formula is C15H22N6O3S. The molecule has 10 heteroatoms. The fraction of sp³-hybridized carbons (Fsp3) is 0.533. The number of hydrogen-bond donors (Lipinski definition) is 1. The summed E-state index contributed by atoms with van der Waals surface area (Å²) >= 11 is 0. The first-order valence-electron chi connectivity index (χ1n) is 8.02. The van der Waals surface area contributed by atoms with E-state index in [2.05, 4.69) is 19.7 Å². The maximum atomic E-state index is 12.4. The van der Waals surface area contributed by atoms with Crippen LogP contribution in [0.3, 0.4) is 0 Å². The molecule has 1 fully saturated rings. The standard InChI is InChI=1S/C15H22N6O3S/c1-11-8-13(19-15(17-11)21-4-6-24-7-5-21)9-16-25(22,23)14-10-20(3)12(2)18-14/h8,10,16H,4-7,9H2,1-3H3. The van der Waals surface area contributed by atoms with Crippen LogP contribution in [-0.2, 0) is 28.4 Å². The van der Waals surface area contributed by atoms with Gasteiger partial charge in [-0.25, -0.2) is 28.1 Å². The van der Waals surface area contributed by atoms with Gasteiger partial charge in [-0.1, -0.05) is 0 Å². The van der Waals surface area contributed by atoms with Crippen LogP contribution in [-0.4, -0.2) is 54.2 Å². The van der Waals surface area contributed by atoms with Gasteiger partial charge in [0.25, 0.3) is 10.0 Å². The predicted octanol–water partition coefficient (Wildman–Crippen LogP) is 0.142. The average Bonchev–Trinajstić information content (AvgIpc) is 2.93. The predicted molar refractivity (Wildman–Crippen MR) is 91.8 cm³/mol. The van der Waals surface area contributed by atoms with Crippen LogP contribution in [0.1, 0.15) is 17.2 Å². The van der Waals surface area contributed by atoms with E-state index in [-0.39, 0.29) is 11.6 Å². The lowest BCUT2D eigenvalue weighted by Gasteiger charge is -2.27. The lowest BCUT2D eigenvalue weighted by molar-refractivity contribution is 0.122. The molecular weight excluding hydrogens is 344 g/mol. The zero-order valence-electron chi connectivity index (χ0n) is 14.6. The zero-order valence-corrected chi connectivity index (χ0v) is 15.4. The van der Waals surface area contributed by atoms with Crippen molar-refractivity contribution in [2.45, 2.75) is 25.4 Å². The van der Waals surface area contributed by atoms with Gasteiger partial charge >= 0.3 is 0 Å². The van der Waals surface area contributed by atoms with Crippen LogP contribution in [0, 0.1) is 13.8 Å². The number of aromatic nitrogens is 4. The molecule has 0 radical (unpaired) electrons. The highest BCUT2D eigenvalue weighted by Gasteiger charge is 2.19. The minimum Gasteiger partial charge on any atom is -0.378 e. The van der Waals surface area contributed by atoms with E-state index >= 15 is 0 Å². The summed E-state index contributed by atoms with van der Waals surface area (Å²) in [6, 6.07) is 1.77. The molecule has 2 aromatic rings. The Bertz CT molecular complexity index is 839. The number of morpholine rings is 1. The van der Waals surface area contributed by atoms with Crippen molar-refractivity contribution in [1.29, 1.82) is 0 Å². The van der Waals surface area contributed by atoms with E-state index in [1.807, 2.05) is 11.8 Å². The molecule has 0 amide bonds. The topological polar surface area (TPSA) is 102 Å². The molecule has 1 aliphatic heterocycles. The molecule has 25 heavy (non-hydrogen) atoms. The van der Waals surface area contributed by atoms with E-state index in [0.717, 1.165) is 18.8 Å². The molecule has 0 saturated carbocycles. The molecule has 2 aromatic heterocycles. The number of hydrogen-bond acceptors (Lipinski definition) is 7. The summed E-state index contributed by atoms with van der Waals surface area (Å²) in [6.45, 7) is 6.42. The molecule has 0 unspecified atom stereocenters. The molecule has 136 valence electrons. The smallest absolute Gasteiger partial charge is 0.259 e. The van der Waals surface area contributed by atoms with E-state index < -0.39 is 10.0 Å². The molecule has 1 aliphatic rings. The van der Waals surface area contributed by atoms with Crippen LogP contribution < -0.4 is 9.62 Å². The van der Waals surface area contributed by atoms with Gasteiger partial charge in [-0.3, -0.25) is 0 Å². The number of nitrogens with zero attached hydrogens (tertiary/aromatic N) is 5. The van der Waals surface area contributed by atoms with Gasteiger partial charge < -0.3 is 14.2 Å². The van der Waals surface area contributed by atoms with Crippen LogP contribution in [0.15, 0.2) is 17.3 Å². The Morgan fingerprint density at radius 3 is 2.56 bits per heavy atom. The van der Waals surface area contributed by atoms with E-state index in [1.165, 1.54) is 6.20 Å². The maximum Gasteiger partial charge on any atom is 0.259 e. The third-order valence-corrected chi connectivity index (χ3v) is 5.27. The van der Waals surface area contributed by atoms with Gasteiger partial charge in [0, 0.05) is 32.0 Å².